The highest BCUT2D eigenvalue weighted by Crippen LogP contribution is 2.23. The number of carbonyl (C=O) groups excluding carboxylic acids is 3. The zero-order valence-electron chi connectivity index (χ0n) is 13.6. The molecular weight excluding hydrogens is 346 g/mol. The fourth-order valence-electron chi connectivity index (χ4n) is 2.11. The van der Waals surface area contributed by atoms with Crippen LogP contribution in [0.1, 0.15) is 34.6 Å². The van der Waals surface area contributed by atoms with Crippen LogP contribution in [0.4, 0.5) is 5.69 Å². The van der Waals surface area contributed by atoms with Gasteiger partial charge in [-0.1, -0.05) is 11.6 Å². The second-order valence-corrected chi connectivity index (χ2v) is 5.77. The molecule has 2 rings (SSSR count). The number of benzene rings is 2. The van der Waals surface area contributed by atoms with Gasteiger partial charge >= 0.3 is 5.97 Å². The molecule has 0 saturated heterocycles. The number of aromatic hydroxyl groups is 1. The summed E-state index contributed by atoms with van der Waals surface area (Å²) in [6.07, 6.45) is -1.05. The largest absolute Gasteiger partial charge is 0.507 e. The highest BCUT2D eigenvalue weighted by atomic mass is 35.5. The van der Waals surface area contributed by atoms with E-state index in [1.54, 1.807) is 12.1 Å². The third-order valence-corrected chi connectivity index (χ3v) is 3.56. The molecule has 0 spiro atoms. The van der Waals surface area contributed by atoms with E-state index >= 15 is 0 Å². The van der Waals surface area contributed by atoms with Crippen molar-refractivity contribution in [2.45, 2.75) is 20.0 Å². The van der Waals surface area contributed by atoms with E-state index in [0.29, 0.717) is 11.3 Å². The van der Waals surface area contributed by atoms with Gasteiger partial charge in [0, 0.05) is 23.2 Å². The molecule has 1 unspecified atom stereocenters. The van der Waals surface area contributed by atoms with Gasteiger partial charge in [-0.15, -0.1) is 0 Å². The summed E-state index contributed by atoms with van der Waals surface area (Å²) in [5, 5.41) is 12.6. The normalized spacial score (nSPS) is 11.5. The van der Waals surface area contributed by atoms with Gasteiger partial charge < -0.3 is 15.2 Å². The SMILES string of the molecule is CC(=O)Nc1ccc(C(=O)C(C)OC(=O)c2ccc(Cl)cc2O)cc1. The molecular formula is C18H16ClNO5. The number of hydrogen-bond donors (Lipinski definition) is 2. The highest BCUT2D eigenvalue weighted by molar-refractivity contribution is 6.30. The number of anilines is 1. The average Bonchev–Trinajstić information content (AvgIpc) is 2.54. The van der Waals surface area contributed by atoms with Crippen LogP contribution >= 0.6 is 11.6 Å². The standard InChI is InChI=1S/C18H16ClNO5/c1-10(25-18(24)15-8-5-13(19)9-16(15)22)17(23)12-3-6-14(7-4-12)20-11(2)21/h3-10,22H,1-2H3,(H,20,21). The molecule has 2 N–H and O–H groups in total. The predicted molar refractivity (Wildman–Crippen MR) is 93.1 cm³/mol. The molecule has 0 heterocycles. The Balaban J connectivity index is 2.06. The Hall–Kier alpha value is -2.86. The molecule has 0 bridgehead atoms. The van der Waals surface area contributed by atoms with Crippen LogP contribution in [-0.2, 0) is 9.53 Å². The summed E-state index contributed by atoms with van der Waals surface area (Å²) in [4.78, 5) is 35.4. The van der Waals surface area contributed by atoms with E-state index in [1.165, 1.54) is 44.2 Å². The van der Waals surface area contributed by atoms with Crippen molar-refractivity contribution in [3.8, 4) is 5.75 Å². The maximum atomic E-state index is 12.3. The summed E-state index contributed by atoms with van der Waals surface area (Å²) >= 11 is 5.71. The maximum Gasteiger partial charge on any atom is 0.342 e. The summed E-state index contributed by atoms with van der Waals surface area (Å²) in [7, 11) is 0. The molecule has 130 valence electrons. The third kappa shape index (κ3) is 4.81. The Morgan fingerprint density at radius 3 is 2.32 bits per heavy atom. The van der Waals surface area contributed by atoms with Crippen molar-refractivity contribution in [3.05, 3.63) is 58.6 Å². The van der Waals surface area contributed by atoms with Crippen molar-refractivity contribution in [3.63, 3.8) is 0 Å². The molecule has 0 aliphatic rings. The molecule has 0 aliphatic heterocycles. The van der Waals surface area contributed by atoms with Gasteiger partial charge in [0.2, 0.25) is 11.7 Å². The lowest BCUT2D eigenvalue weighted by Gasteiger charge is -2.13. The van der Waals surface area contributed by atoms with E-state index in [2.05, 4.69) is 5.32 Å². The number of esters is 1. The Kier molecular flexibility index (Phi) is 5.77. The minimum absolute atomic E-state index is 0.0787. The number of amides is 1. The van der Waals surface area contributed by atoms with Gasteiger partial charge in [-0.05, 0) is 49.4 Å². The molecule has 25 heavy (non-hydrogen) atoms. The molecule has 0 aromatic heterocycles. The number of phenolic OH excluding ortho intramolecular Hbond substituents is 1. The molecule has 0 saturated carbocycles. The van der Waals surface area contributed by atoms with Gasteiger partial charge in [0.25, 0.3) is 0 Å². The topological polar surface area (TPSA) is 92.7 Å². The summed E-state index contributed by atoms with van der Waals surface area (Å²) < 4.78 is 5.11. The smallest absolute Gasteiger partial charge is 0.342 e. The van der Waals surface area contributed by atoms with Crippen LogP contribution in [-0.4, -0.2) is 28.9 Å². The number of hydrogen-bond acceptors (Lipinski definition) is 5. The van der Waals surface area contributed by atoms with Crippen LogP contribution in [0.25, 0.3) is 0 Å². The van der Waals surface area contributed by atoms with Crippen molar-refractivity contribution in [1.29, 1.82) is 0 Å². The molecule has 0 fully saturated rings. The van der Waals surface area contributed by atoms with Gasteiger partial charge in [0.15, 0.2) is 6.10 Å². The van der Waals surface area contributed by atoms with Crippen molar-refractivity contribution < 1.29 is 24.2 Å². The van der Waals surface area contributed by atoms with Crippen LogP contribution in [0.2, 0.25) is 5.02 Å². The molecule has 1 amide bonds. The Morgan fingerprint density at radius 1 is 1.12 bits per heavy atom. The minimum Gasteiger partial charge on any atom is -0.507 e. The monoisotopic (exact) mass is 361 g/mol. The number of ketones is 1. The fraction of sp³-hybridized carbons (Fsp3) is 0.167. The summed E-state index contributed by atoms with van der Waals surface area (Å²) in [5.74, 6) is -1.78. The molecule has 1 atom stereocenters. The lowest BCUT2D eigenvalue weighted by Crippen LogP contribution is -2.24. The molecule has 0 radical (unpaired) electrons. The summed E-state index contributed by atoms with van der Waals surface area (Å²) in [6.45, 7) is 2.82. The van der Waals surface area contributed by atoms with Crippen molar-refractivity contribution in [2.24, 2.45) is 0 Å². The highest BCUT2D eigenvalue weighted by Gasteiger charge is 2.22. The Morgan fingerprint density at radius 2 is 1.76 bits per heavy atom. The predicted octanol–water partition coefficient (Wildman–Crippen LogP) is 3.43. The first-order valence-electron chi connectivity index (χ1n) is 7.39. The van der Waals surface area contributed by atoms with Gasteiger partial charge in [-0.2, -0.15) is 0 Å². The van der Waals surface area contributed by atoms with E-state index < -0.39 is 17.9 Å². The zero-order chi connectivity index (χ0) is 18.6. The summed E-state index contributed by atoms with van der Waals surface area (Å²) in [5.41, 5.74) is 0.805. The van der Waals surface area contributed by atoms with Gasteiger partial charge in [-0.25, -0.2) is 4.79 Å². The van der Waals surface area contributed by atoms with Gasteiger partial charge in [-0.3, -0.25) is 9.59 Å². The minimum atomic E-state index is -1.05. The fourth-order valence-corrected chi connectivity index (χ4v) is 2.28. The molecule has 2 aromatic rings. The first-order valence-corrected chi connectivity index (χ1v) is 7.77. The second kappa shape index (κ2) is 7.81. The van der Waals surface area contributed by atoms with E-state index in [9.17, 15) is 19.5 Å². The van der Waals surface area contributed by atoms with Crippen LogP contribution in [0.15, 0.2) is 42.5 Å². The zero-order valence-corrected chi connectivity index (χ0v) is 14.3. The molecule has 0 aliphatic carbocycles. The van der Waals surface area contributed by atoms with Crippen molar-refractivity contribution in [1.82, 2.24) is 0 Å². The first kappa shape index (κ1) is 18.5. The van der Waals surface area contributed by atoms with Gasteiger partial charge in [0.05, 0.1) is 0 Å². The lowest BCUT2D eigenvalue weighted by atomic mass is 10.1. The molecule has 2 aromatic carbocycles. The van der Waals surface area contributed by atoms with Crippen LogP contribution < -0.4 is 5.32 Å². The quantitative estimate of drug-likeness (QED) is 0.628. The van der Waals surface area contributed by atoms with E-state index in [-0.39, 0.29) is 22.2 Å². The van der Waals surface area contributed by atoms with Crippen molar-refractivity contribution >= 4 is 34.9 Å². The number of ether oxygens (including phenoxy) is 1. The van der Waals surface area contributed by atoms with E-state index in [4.69, 9.17) is 16.3 Å². The lowest BCUT2D eigenvalue weighted by molar-refractivity contribution is -0.114. The van der Waals surface area contributed by atoms with Crippen LogP contribution in [0.5, 0.6) is 5.75 Å². The number of rotatable bonds is 5. The van der Waals surface area contributed by atoms with E-state index in [1.807, 2.05) is 0 Å². The van der Waals surface area contributed by atoms with Crippen LogP contribution in [0, 0.1) is 0 Å². The van der Waals surface area contributed by atoms with Crippen LogP contribution in [0.3, 0.4) is 0 Å². The van der Waals surface area contributed by atoms with Gasteiger partial charge in [0.1, 0.15) is 11.3 Å². The second-order valence-electron chi connectivity index (χ2n) is 5.33. The molecule has 7 heteroatoms. The first-order chi connectivity index (χ1) is 11.8. The van der Waals surface area contributed by atoms with Crippen molar-refractivity contribution in [2.75, 3.05) is 5.32 Å². The third-order valence-electron chi connectivity index (χ3n) is 3.32. The number of phenols is 1. The molecule has 6 nitrogen and oxygen atoms in total. The number of Topliss-reactive ketones (excluding diaryl/α,β-unsaturated/α-hetero) is 1. The summed E-state index contributed by atoms with van der Waals surface area (Å²) in [6, 6.07) is 10.2. The van der Waals surface area contributed by atoms with E-state index in [0.717, 1.165) is 0 Å². The number of nitrogens with one attached hydrogen (secondary N) is 1. The Labute approximate surface area is 149 Å². The Bertz CT molecular complexity index is 817. The number of carbonyl (C=O) groups is 3. The average molecular weight is 362 g/mol. The number of halogens is 1. The maximum absolute atomic E-state index is 12.3.